The van der Waals surface area contributed by atoms with E-state index in [1.54, 1.807) is 0 Å². The number of hydrogen-bond acceptors (Lipinski definition) is 3. The van der Waals surface area contributed by atoms with Gasteiger partial charge in [0.2, 0.25) is 5.91 Å². The Labute approximate surface area is 96.9 Å². The van der Waals surface area contributed by atoms with Crippen LogP contribution in [0.1, 0.15) is 39.0 Å². The van der Waals surface area contributed by atoms with E-state index in [0.29, 0.717) is 5.92 Å². The van der Waals surface area contributed by atoms with Crippen LogP contribution in [0.2, 0.25) is 0 Å². The second kappa shape index (κ2) is 5.15. The maximum absolute atomic E-state index is 11.8. The smallest absolute Gasteiger partial charge is 0.237 e. The fourth-order valence-corrected chi connectivity index (χ4v) is 2.39. The van der Waals surface area contributed by atoms with Gasteiger partial charge >= 0.3 is 0 Å². The summed E-state index contributed by atoms with van der Waals surface area (Å²) in [6.07, 6.45) is 5.38. The molecule has 1 heterocycles. The van der Waals surface area contributed by atoms with Gasteiger partial charge in [-0.1, -0.05) is 13.3 Å². The maximum Gasteiger partial charge on any atom is 0.237 e. The van der Waals surface area contributed by atoms with Crippen LogP contribution in [-0.4, -0.2) is 30.7 Å². The van der Waals surface area contributed by atoms with Gasteiger partial charge in [-0.2, -0.15) is 0 Å². The highest BCUT2D eigenvalue weighted by molar-refractivity contribution is 5.81. The Morgan fingerprint density at radius 1 is 1.50 bits per heavy atom. The molecule has 2 fully saturated rings. The van der Waals surface area contributed by atoms with Gasteiger partial charge in [-0.25, -0.2) is 0 Å². The first-order chi connectivity index (χ1) is 7.72. The number of nitrogens with two attached hydrogens (primary N) is 1. The molecule has 1 amide bonds. The van der Waals surface area contributed by atoms with Crippen molar-refractivity contribution in [3.63, 3.8) is 0 Å². The molecule has 2 rings (SSSR count). The molecular weight excluding hydrogens is 204 g/mol. The van der Waals surface area contributed by atoms with Gasteiger partial charge in [-0.05, 0) is 31.6 Å². The lowest BCUT2D eigenvalue weighted by atomic mass is 10.1. The molecule has 0 bridgehead atoms. The zero-order valence-electron chi connectivity index (χ0n) is 9.95. The van der Waals surface area contributed by atoms with Crippen molar-refractivity contribution >= 4 is 5.91 Å². The Morgan fingerprint density at radius 2 is 2.25 bits per heavy atom. The predicted octanol–water partition coefficient (Wildman–Crippen LogP) is 0.797. The number of hydrogen-bond donors (Lipinski definition) is 2. The van der Waals surface area contributed by atoms with Crippen LogP contribution in [-0.2, 0) is 9.53 Å². The van der Waals surface area contributed by atoms with Crippen molar-refractivity contribution in [2.45, 2.75) is 57.2 Å². The molecule has 4 heteroatoms. The van der Waals surface area contributed by atoms with E-state index in [-0.39, 0.29) is 24.1 Å². The highest BCUT2D eigenvalue weighted by Crippen LogP contribution is 2.38. The van der Waals surface area contributed by atoms with Crippen LogP contribution in [0.3, 0.4) is 0 Å². The van der Waals surface area contributed by atoms with E-state index < -0.39 is 0 Å². The van der Waals surface area contributed by atoms with E-state index >= 15 is 0 Å². The lowest BCUT2D eigenvalue weighted by Crippen LogP contribution is -2.48. The number of ether oxygens (including phenoxy) is 1. The van der Waals surface area contributed by atoms with E-state index in [2.05, 4.69) is 5.32 Å². The maximum atomic E-state index is 11.8. The molecule has 0 spiro atoms. The summed E-state index contributed by atoms with van der Waals surface area (Å²) >= 11 is 0. The molecule has 0 aromatic carbocycles. The van der Waals surface area contributed by atoms with Crippen LogP contribution < -0.4 is 11.1 Å². The Hall–Kier alpha value is -0.610. The third kappa shape index (κ3) is 2.74. The molecule has 0 aromatic rings. The van der Waals surface area contributed by atoms with Crippen molar-refractivity contribution in [2.24, 2.45) is 11.7 Å². The lowest BCUT2D eigenvalue weighted by Gasteiger charge is -2.21. The normalized spacial score (nSPS) is 31.4. The molecule has 1 aliphatic heterocycles. The van der Waals surface area contributed by atoms with Crippen LogP contribution in [0.15, 0.2) is 0 Å². The first-order valence-electron chi connectivity index (χ1n) is 6.40. The van der Waals surface area contributed by atoms with E-state index in [1.807, 2.05) is 6.92 Å². The van der Waals surface area contributed by atoms with Gasteiger partial charge < -0.3 is 15.8 Å². The van der Waals surface area contributed by atoms with Crippen molar-refractivity contribution in [1.82, 2.24) is 5.32 Å². The molecule has 0 aromatic heterocycles. The van der Waals surface area contributed by atoms with Crippen LogP contribution in [0.5, 0.6) is 0 Å². The summed E-state index contributed by atoms with van der Waals surface area (Å²) in [5.74, 6) is 0.665. The van der Waals surface area contributed by atoms with Crippen molar-refractivity contribution in [1.29, 1.82) is 0 Å². The minimum atomic E-state index is -0.356. The van der Waals surface area contributed by atoms with Gasteiger partial charge in [0, 0.05) is 6.61 Å². The molecule has 3 N–H and O–H groups in total. The summed E-state index contributed by atoms with van der Waals surface area (Å²) < 4.78 is 5.67. The third-order valence-corrected chi connectivity index (χ3v) is 3.49. The van der Waals surface area contributed by atoms with Gasteiger partial charge in [0.05, 0.1) is 18.2 Å². The highest BCUT2D eigenvalue weighted by Gasteiger charge is 2.41. The van der Waals surface area contributed by atoms with Gasteiger partial charge in [0.15, 0.2) is 0 Å². The Balaban J connectivity index is 1.81. The highest BCUT2D eigenvalue weighted by atomic mass is 16.5. The summed E-state index contributed by atoms with van der Waals surface area (Å²) in [5.41, 5.74) is 5.79. The largest absolute Gasteiger partial charge is 0.376 e. The number of nitrogens with one attached hydrogen (secondary N) is 1. The zero-order valence-corrected chi connectivity index (χ0v) is 9.95. The Bertz CT molecular complexity index is 253. The second-order valence-corrected chi connectivity index (χ2v) is 4.97. The van der Waals surface area contributed by atoms with Crippen molar-refractivity contribution in [3.05, 3.63) is 0 Å². The molecule has 3 atom stereocenters. The fraction of sp³-hybridized carbons (Fsp3) is 0.917. The molecule has 3 unspecified atom stereocenters. The minimum Gasteiger partial charge on any atom is -0.376 e. The second-order valence-electron chi connectivity index (χ2n) is 4.97. The molecule has 1 aliphatic carbocycles. The first kappa shape index (κ1) is 11.9. The molecule has 1 saturated carbocycles. The van der Waals surface area contributed by atoms with Crippen molar-refractivity contribution in [3.8, 4) is 0 Å². The van der Waals surface area contributed by atoms with Gasteiger partial charge in [0.1, 0.15) is 0 Å². The summed E-state index contributed by atoms with van der Waals surface area (Å²) in [5, 5.41) is 3.05. The molecule has 92 valence electrons. The van der Waals surface area contributed by atoms with Crippen LogP contribution in [0.25, 0.3) is 0 Å². The van der Waals surface area contributed by atoms with Gasteiger partial charge in [0.25, 0.3) is 0 Å². The molecular formula is C12H22N2O2. The average Bonchev–Trinajstić information content (AvgIpc) is 3.00. The van der Waals surface area contributed by atoms with E-state index in [1.165, 1.54) is 12.8 Å². The van der Waals surface area contributed by atoms with E-state index in [4.69, 9.17) is 10.5 Å². The quantitative estimate of drug-likeness (QED) is 0.728. The fourth-order valence-electron chi connectivity index (χ4n) is 2.39. The van der Waals surface area contributed by atoms with E-state index in [9.17, 15) is 4.79 Å². The van der Waals surface area contributed by atoms with Crippen molar-refractivity contribution < 1.29 is 9.53 Å². The molecule has 2 aliphatic rings. The monoisotopic (exact) mass is 226 g/mol. The molecule has 4 nitrogen and oxygen atoms in total. The SMILES string of the molecule is CCCC(N)C(=O)NC1CCOC1C1CC1. The molecule has 1 saturated heterocycles. The molecule has 16 heavy (non-hydrogen) atoms. The number of carbonyl (C=O) groups excluding carboxylic acids is 1. The van der Waals surface area contributed by atoms with E-state index in [0.717, 1.165) is 25.9 Å². The lowest BCUT2D eigenvalue weighted by molar-refractivity contribution is -0.123. The topological polar surface area (TPSA) is 64.4 Å². The zero-order chi connectivity index (χ0) is 11.5. The number of carbonyl (C=O) groups is 1. The van der Waals surface area contributed by atoms with Crippen molar-refractivity contribution in [2.75, 3.05) is 6.61 Å². The summed E-state index contributed by atoms with van der Waals surface area (Å²) in [6.45, 7) is 2.81. The number of rotatable bonds is 5. The van der Waals surface area contributed by atoms with Crippen LogP contribution >= 0.6 is 0 Å². The number of amides is 1. The third-order valence-electron chi connectivity index (χ3n) is 3.49. The minimum absolute atomic E-state index is 0.0111. The summed E-state index contributed by atoms with van der Waals surface area (Å²) in [4.78, 5) is 11.8. The Morgan fingerprint density at radius 3 is 2.88 bits per heavy atom. The Kier molecular flexibility index (Phi) is 3.82. The molecule has 0 radical (unpaired) electrons. The first-order valence-corrected chi connectivity index (χ1v) is 6.40. The van der Waals surface area contributed by atoms with Gasteiger partial charge in [-0.15, -0.1) is 0 Å². The van der Waals surface area contributed by atoms with Gasteiger partial charge in [-0.3, -0.25) is 4.79 Å². The average molecular weight is 226 g/mol. The standard InChI is InChI=1S/C12H22N2O2/c1-2-3-9(13)12(15)14-10-6-7-16-11(10)8-4-5-8/h8-11H,2-7,13H2,1H3,(H,14,15). The summed E-state index contributed by atoms with van der Waals surface area (Å²) in [6, 6.07) is -0.159. The van der Waals surface area contributed by atoms with Crippen LogP contribution in [0, 0.1) is 5.92 Å². The van der Waals surface area contributed by atoms with Crippen LogP contribution in [0.4, 0.5) is 0 Å². The predicted molar refractivity (Wildman–Crippen MR) is 61.9 cm³/mol. The summed E-state index contributed by atoms with van der Waals surface area (Å²) in [7, 11) is 0.